The average molecular weight is 299 g/mol. The summed E-state index contributed by atoms with van der Waals surface area (Å²) in [6.45, 7) is 2.96. The van der Waals surface area contributed by atoms with Gasteiger partial charge in [0.25, 0.3) is 5.91 Å². The second-order valence-corrected chi connectivity index (χ2v) is 6.74. The maximum absolute atomic E-state index is 12.3. The first kappa shape index (κ1) is 16.2. The highest BCUT2D eigenvalue weighted by Gasteiger charge is 2.22. The lowest BCUT2D eigenvalue weighted by atomic mass is 10.1. The predicted octanol–water partition coefficient (Wildman–Crippen LogP) is 1.03. The molecular weight excluding hydrogens is 282 g/mol. The largest absolute Gasteiger partial charge is 0.480 e. The number of aliphatic carboxylic acids is 1. The Bertz CT molecular complexity index is 621. The fourth-order valence-electron chi connectivity index (χ4n) is 1.66. The van der Waals surface area contributed by atoms with Gasteiger partial charge in [0.05, 0.1) is 4.90 Å². The fraction of sp³-hybridized carbons (Fsp3) is 0.385. The molecule has 0 radical (unpaired) electrons. The second kappa shape index (κ2) is 6.04. The predicted molar refractivity (Wildman–Crippen MR) is 73.4 cm³/mol. The fourth-order valence-corrected chi connectivity index (χ4v) is 2.33. The molecule has 0 fully saturated rings. The molecule has 1 aromatic carbocycles. The summed E-state index contributed by atoms with van der Waals surface area (Å²) in [6, 6.07) is 5.27. The molecule has 20 heavy (non-hydrogen) atoms. The summed E-state index contributed by atoms with van der Waals surface area (Å²) in [7, 11) is -3.41. The Hall–Kier alpha value is -1.89. The van der Waals surface area contributed by atoms with Crippen LogP contribution in [0.1, 0.15) is 24.2 Å². The van der Waals surface area contributed by atoms with E-state index in [0.29, 0.717) is 0 Å². The second-order valence-electron chi connectivity index (χ2n) is 4.72. The SMILES string of the molecule is CC(C)N(CC(=O)O)C(=O)c1cccc(S(C)(=O)=O)c1. The van der Waals surface area contributed by atoms with Crippen molar-refractivity contribution < 1.29 is 23.1 Å². The Balaban J connectivity index is 3.16. The van der Waals surface area contributed by atoms with Gasteiger partial charge >= 0.3 is 5.97 Å². The molecule has 0 spiro atoms. The van der Waals surface area contributed by atoms with Gasteiger partial charge in [-0.2, -0.15) is 0 Å². The Kier molecular flexibility index (Phi) is 4.88. The number of rotatable bonds is 5. The van der Waals surface area contributed by atoms with Gasteiger partial charge in [-0.3, -0.25) is 9.59 Å². The molecule has 0 bridgehead atoms. The highest BCUT2D eigenvalue weighted by Crippen LogP contribution is 2.14. The van der Waals surface area contributed by atoms with Gasteiger partial charge in [0.2, 0.25) is 0 Å². The number of carboxylic acid groups (broad SMARTS) is 1. The quantitative estimate of drug-likeness (QED) is 0.876. The van der Waals surface area contributed by atoms with Crippen molar-refractivity contribution in [1.82, 2.24) is 4.90 Å². The van der Waals surface area contributed by atoms with Gasteiger partial charge in [0.1, 0.15) is 6.54 Å². The minimum absolute atomic E-state index is 0.0300. The van der Waals surface area contributed by atoms with E-state index in [-0.39, 0.29) is 16.5 Å². The molecule has 0 atom stereocenters. The van der Waals surface area contributed by atoms with E-state index in [4.69, 9.17) is 5.11 Å². The summed E-state index contributed by atoms with van der Waals surface area (Å²) < 4.78 is 22.9. The summed E-state index contributed by atoms with van der Waals surface area (Å²) in [5.74, 6) is -1.63. The maximum Gasteiger partial charge on any atom is 0.323 e. The van der Waals surface area contributed by atoms with E-state index in [1.807, 2.05) is 0 Å². The van der Waals surface area contributed by atoms with Crippen molar-refractivity contribution in [2.45, 2.75) is 24.8 Å². The third-order valence-electron chi connectivity index (χ3n) is 2.70. The number of hydrogen-bond acceptors (Lipinski definition) is 4. The minimum atomic E-state index is -3.41. The monoisotopic (exact) mass is 299 g/mol. The number of hydrogen-bond donors (Lipinski definition) is 1. The van der Waals surface area contributed by atoms with Crippen molar-refractivity contribution in [3.05, 3.63) is 29.8 Å². The first-order chi connectivity index (χ1) is 9.12. The van der Waals surface area contributed by atoms with Gasteiger partial charge in [-0.15, -0.1) is 0 Å². The van der Waals surface area contributed by atoms with Crippen LogP contribution < -0.4 is 0 Å². The highest BCUT2D eigenvalue weighted by atomic mass is 32.2. The van der Waals surface area contributed by atoms with E-state index in [9.17, 15) is 18.0 Å². The number of sulfone groups is 1. The lowest BCUT2D eigenvalue weighted by Gasteiger charge is -2.25. The Morgan fingerprint density at radius 1 is 1.30 bits per heavy atom. The van der Waals surface area contributed by atoms with E-state index in [1.54, 1.807) is 13.8 Å². The Morgan fingerprint density at radius 3 is 2.35 bits per heavy atom. The van der Waals surface area contributed by atoms with Crippen LogP contribution >= 0.6 is 0 Å². The van der Waals surface area contributed by atoms with Crippen molar-refractivity contribution in [3.8, 4) is 0 Å². The van der Waals surface area contributed by atoms with Gasteiger partial charge in [0, 0.05) is 17.9 Å². The molecule has 1 amide bonds. The number of carbonyl (C=O) groups excluding carboxylic acids is 1. The molecule has 1 N–H and O–H groups in total. The summed E-state index contributed by atoms with van der Waals surface area (Å²) in [5.41, 5.74) is 0.155. The molecule has 1 rings (SSSR count). The average Bonchev–Trinajstić information content (AvgIpc) is 2.33. The zero-order chi connectivity index (χ0) is 15.5. The lowest BCUT2D eigenvalue weighted by Crippen LogP contribution is -2.40. The van der Waals surface area contributed by atoms with Gasteiger partial charge in [0.15, 0.2) is 9.84 Å². The van der Waals surface area contributed by atoms with Crippen molar-refractivity contribution in [3.63, 3.8) is 0 Å². The summed E-state index contributed by atoms with van der Waals surface area (Å²) in [6.07, 6.45) is 1.05. The van der Waals surface area contributed by atoms with Gasteiger partial charge in [-0.1, -0.05) is 6.07 Å². The number of nitrogens with zero attached hydrogens (tertiary/aromatic N) is 1. The zero-order valence-corrected chi connectivity index (χ0v) is 12.3. The summed E-state index contributed by atoms with van der Waals surface area (Å²) in [5, 5.41) is 8.82. The zero-order valence-electron chi connectivity index (χ0n) is 11.5. The Morgan fingerprint density at radius 2 is 1.90 bits per heavy atom. The van der Waals surface area contributed by atoms with Crippen LogP contribution in [0.4, 0.5) is 0 Å². The van der Waals surface area contributed by atoms with Crippen LogP contribution in [-0.2, 0) is 14.6 Å². The summed E-state index contributed by atoms with van der Waals surface area (Å²) in [4.78, 5) is 24.3. The molecule has 0 unspecified atom stereocenters. The van der Waals surface area contributed by atoms with Crippen molar-refractivity contribution in [2.24, 2.45) is 0 Å². The van der Waals surface area contributed by atoms with Crippen LogP contribution in [0.3, 0.4) is 0 Å². The van der Waals surface area contributed by atoms with E-state index in [0.717, 1.165) is 6.26 Å². The Labute approximate surface area is 117 Å². The third-order valence-corrected chi connectivity index (χ3v) is 3.81. The van der Waals surface area contributed by atoms with Crippen molar-refractivity contribution >= 4 is 21.7 Å². The molecule has 0 saturated heterocycles. The first-order valence-electron chi connectivity index (χ1n) is 5.96. The standard InChI is InChI=1S/C13H17NO5S/c1-9(2)14(8-12(15)16)13(17)10-5-4-6-11(7-10)20(3,18)19/h4-7,9H,8H2,1-3H3,(H,15,16). The number of carbonyl (C=O) groups is 2. The van der Waals surface area contributed by atoms with Gasteiger partial charge in [-0.25, -0.2) is 8.42 Å². The van der Waals surface area contributed by atoms with E-state index < -0.39 is 28.3 Å². The van der Waals surface area contributed by atoms with Crippen LogP contribution in [0.2, 0.25) is 0 Å². The molecule has 0 heterocycles. The number of amides is 1. The van der Waals surface area contributed by atoms with Crippen LogP contribution in [0.5, 0.6) is 0 Å². The highest BCUT2D eigenvalue weighted by molar-refractivity contribution is 7.90. The molecular formula is C13H17NO5S. The molecule has 0 aliphatic carbocycles. The molecule has 0 aromatic heterocycles. The van der Waals surface area contributed by atoms with Crippen LogP contribution in [0.25, 0.3) is 0 Å². The minimum Gasteiger partial charge on any atom is -0.480 e. The van der Waals surface area contributed by atoms with Crippen molar-refractivity contribution in [2.75, 3.05) is 12.8 Å². The molecule has 1 aromatic rings. The van der Waals surface area contributed by atoms with E-state index in [2.05, 4.69) is 0 Å². The van der Waals surface area contributed by atoms with Crippen LogP contribution in [0, 0.1) is 0 Å². The molecule has 0 saturated carbocycles. The third kappa shape index (κ3) is 4.06. The smallest absolute Gasteiger partial charge is 0.323 e. The molecule has 0 aliphatic rings. The molecule has 110 valence electrons. The number of benzene rings is 1. The van der Waals surface area contributed by atoms with Crippen molar-refractivity contribution in [1.29, 1.82) is 0 Å². The maximum atomic E-state index is 12.3. The number of carboxylic acids is 1. The molecule has 0 aliphatic heterocycles. The van der Waals surface area contributed by atoms with Crippen LogP contribution in [0.15, 0.2) is 29.2 Å². The molecule has 6 nitrogen and oxygen atoms in total. The van der Waals surface area contributed by atoms with Gasteiger partial charge in [-0.05, 0) is 32.0 Å². The van der Waals surface area contributed by atoms with Gasteiger partial charge < -0.3 is 10.0 Å². The topological polar surface area (TPSA) is 91.8 Å². The first-order valence-corrected chi connectivity index (χ1v) is 7.85. The molecule has 7 heteroatoms. The summed E-state index contributed by atoms with van der Waals surface area (Å²) >= 11 is 0. The normalized spacial score (nSPS) is 11.4. The van der Waals surface area contributed by atoms with Crippen LogP contribution in [-0.4, -0.2) is 49.1 Å². The lowest BCUT2D eigenvalue weighted by molar-refractivity contribution is -0.138. The van der Waals surface area contributed by atoms with E-state index in [1.165, 1.54) is 29.2 Å². The van der Waals surface area contributed by atoms with E-state index >= 15 is 0 Å².